The summed E-state index contributed by atoms with van der Waals surface area (Å²) in [6, 6.07) is 15.4. The van der Waals surface area contributed by atoms with Gasteiger partial charge in [-0.1, -0.05) is 42.5 Å². The highest BCUT2D eigenvalue weighted by molar-refractivity contribution is 6.71. The van der Waals surface area contributed by atoms with Crippen LogP contribution in [0.4, 0.5) is 11.4 Å². The fourth-order valence-corrected chi connectivity index (χ4v) is 9.70. The van der Waals surface area contributed by atoms with Crippen LogP contribution in [-0.2, 0) is 32.9 Å². The molecule has 12 heteroatoms. The topological polar surface area (TPSA) is 133 Å². The molecule has 0 saturated carbocycles. The lowest BCUT2D eigenvalue weighted by Gasteiger charge is -2.32. The molecule has 6 rings (SSSR count). The van der Waals surface area contributed by atoms with E-state index in [1.807, 2.05) is 68.5 Å². The highest BCUT2D eigenvalue weighted by Crippen LogP contribution is 2.59. The second-order valence-electron chi connectivity index (χ2n) is 12.3. The van der Waals surface area contributed by atoms with Crippen molar-refractivity contribution in [1.29, 1.82) is 0 Å². The Hall–Kier alpha value is -3.71. The molecule has 1 saturated heterocycles. The number of nitrogens with zero attached hydrogens (tertiary/aromatic N) is 6. The molecule has 2 N–H and O–H groups in total. The van der Waals surface area contributed by atoms with E-state index in [-0.39, 0.29) is 29.9 Å². The fraction of sp³-hybridized carbons (Fsp3) is 0.452. The number of anilines is 2. The number of aromatic nitrogens is 3. The average molecular weight is 603 g/mol. The zero-order valence-electron chi connectivity index (χ0n) is 25.0. The zero-order chi connectivity index (χ0) is 30.5. The number of rotatable bonds is 8. The number of carbonyl (C=O) groups is 2. The molecule has 43 heavy (non-hydrogen) atoms. The van der Waals surface area contributed by atoms with Crippen molar-refractivity contribution in [2.45, 2.75) is 69.5 Å². The summed E-state index contributed by atoms with van der Waals surface area (Å²) in [7, 11) is -1.08. The van der Waals surface area contributed by atoms with Gasteiger partial charge in [-0.3, -0.25) is 14.3 Å². The normalized spacial score (nSPS) is 25.5. The van der Waals surface area contributed by atoms with Crippen LogP contribution in [-0.4, -0.2) is 70.5 Å². The minimum absolute atomic E-state index is 0.00420. The van der Waals surface area contributed by atoms with E-state index in [0.717, 1.165) is 17.0 Å². The standard InChI is InChI=1S/C31H38N6O5Si/c1-20-29(43(3,4)41)27(14-16-36-19-22(15-17-38)32-34-36)42-31(20)24-18-23(10-12-26(24)35(2)30(31)40)37-28(39)13-11-25(33-37)21-8-6-5-7-9-21/h5-10,12,18-20,27,29,38,41H,11,13-17H2,1-4H3/t20-,27+,29-,31+/m1/s1. The van der Waals surface area contributed by atoms with Crippen molar-refractivity contribution >= 4 is 37.2 Å². The predicted octanol–water partition coefficient (Wildman–Crippen LogP) is 3.21. The zero-order valence-corrected chi connectivity index (χ0v) is 26.0. The third kappa shape index (κ3) is 5.01. The van der Waals surface area contributed by atoms with Gasteiger partial charge in [-0.25, -0.2) is 5.01 Å². The van der Waals surface area contributed by atoms with E-state index in [0.29, 0.717) is 49.2 Å². The van der Waals surface area contributed by atoms with Crippen molar-refractivity contribution < 1.29 is 24.2 Å². The molecule has 2 amide bonds. The molecule has 1 spiro atoms. The molecule has 2 aromatic carbocycles. The number of aryl methyl sites for hydroxylation is 1. The Labute approximate surface area is 251 Å². The molecule has 3 aromatic rings. The van der Waals surface area contributed by atoms with Crippen LogP contribution in [0.2, 0.25) is 18.6 Å². The maximum absolute atomic E-state index is 14.1. The number of ether oxygens (including phenoxy) is 1. The summed E-state index contributed by atoms with van der Waals surface area (Å²) in [5.74, 6) is -0.612. The Balaban J connectivity index is 1.37. The summed E-state index contributed by atoms with van der Waals surface area (Å²) in [6.07, 6.45) is 3.24. The number of carbonyl (C=O) groups excluding carboxylic acids is 2. The quantitative estimate of drug-likeness (QED) is 0.378. The fourth-order valence-electron chi connectivity index (χ4n) is 7.10. The monoisotopic (exact) mass is 602 g/mol. The van der Waals surface area contributed by atoms with Crippen LogP contribution in [0, 0.1) is 5.92 Å². The van der Waals surface area contributed by atoms with Crippen LogP contribution in [0.5, 0.6) is 0 Å². The SMILES string of the molecule is C[C@@H]1[C@@H]([Si](C)(C)O)[C@H](CCn2cc(CCO)nn2)O[C@@]12C(=O)N(C)c1ccc(N3N=C(c4ccccc4)CCC3=O)cc12. The average Bonchev–Trinajstić information content (AvgIpc) is 3.63. The van der Waals surface area contributed by atoms with Crippen molar-refractivity contribution in [2.75, 3.05) is 23.6 Å². The van der Waals surface area contributed by atoms with Gasteiger partial charge in [0.05, 0.1) is 28.9 Å². The van der Waals surface area contributed by atoms with E-state index < -0.39 is 20.0 Å². The van der Waals surface area contributed by atoms with Gasteiger partial charge in [-0.15, -0.1) is 5.10 Å². The number of hydrogen-bond donors (Lipinski definition) is 2. The summed E-state index contributed by atoms with van der Waals surface area (Å²) in [6.45, 7) is 6.27. The van der Waals surface area contributed by atoms with Crippen molar-refractivity contribution in [3.05, 3.63) is 71.5 Å². The van der Waals surface area contributed by atoms with Crippen molar-refractivity contribution in [2.24, 2.45) is 11.0 Å². The van der Waals surface area contributed by atoms with Crippen LogP contribution in [0.15, 0.2) is 59.8 Å². The number of likely N-dealkylation sites (N-methyl/N-ethyl adjacent to an activating group) is 1. The van der Waals surface area contributed by atoms with Gasteiger partial charge in [-0.05, 0) is 43.3 Å². The van der Waals surface area contributed by atoms with Gasteiger partial charge in [0.1, 0.15) is 0 Å². The smallest absolute Gasteiger partial charge is 0.264 e. The van der Waals surface area contributed by atoms with Crippen LogP contribution < -0.4 is 9.91 Å². The molecule has 4 atom stereocenters. The van der Waals surface area contributed by atoms with Crippen molar-refractivity contribution in [3.63, 3.8) is 0 Å². The second kappa shape index (κ2) is 11.1. The summed E-state index contributed by atoms with van der Waals surface area (Å²) in [5.41, 5.74) is 2.95. The second-order valence-corrected chi connectivity index (χ2v) is 16.3. The number of hydrogen-bond acceptors (Lipinski definition) is 8. The van der Waals surface area contributed by atoms with Crippen LogP contribution in [0.3, 0.4) is 0 Å². The summed E-state index contributed by atoms with van der Waals surface area (Å²) in [4.78, 5) is 40.4. The van der Waals surface area contributed by atoms with E-state index in [1.54, 1.807) is 22.8 Å². The molecule has 1 aromatic heterocycles. The first kappa shape index (κ1) is 29.4. The van der Waals surface area contributed by atoms with E-state index >= 15 is 0 Å². The molecular formula is C31H38N6O5Si. The lowest BCUT2D eigenvalue weighted by Crippen LogP contribution is -2.45. The molecule has 0 unspecified atom stereocenters. The van der Waals surface area contributed by atoms with Crippen LogP contribution >= 0.6 is 0 Å². The maximum Gasteiger partial charge on any atom is 0.264 e. The number of amides is 2. The third-order valence-electron chi connectivity index (χ3n) is 9.08. The molecule has 3 aliphatic rings. The Kier molecular flexibility index (Phi) is 7.57. The minimum atomic E-state index is -2.83. The molecule has 11 nitrogen and oxygen atoms in total. The lowest BCUT2D eigenvalue weighted by molar-refractivity contribution is -0.145. The number of hydrazone groups is 1. The van der Waals surface area contributed by atoms with Gasteiger partial charge < -0.3 is 19.5 Å². The molecule has 1 fully saturated rings. The largest absolute Gasteiger partial charge is 0.432 e. The van der Waals surface area contributed by atoms with Crippen LogP contribution in [0.1, 0.15) is 43.0 Å². The molecule has 0 bridgehead atoms. The Morgan fingerprint density at radius 1 is 1.12 bits per heavy atom. The van der Waals surface area contributed by atoms with E-state index in [9.17, 15) is 19.5 Å². The Morgan fingerprint density at radius 2 is 1.88 bits per heavy atom. The summed E-state index contributed by atoms with van der Waals surface area (Å²) in [5, 5.41) is 23.7. The highest BCUT2D eigenvalue weighted by Gasteiger charge is 2.65. The predicted molar refractivity (Wildman–Crippen MR) is 164 cm³/mol. The Bertz CT molecular complexity index is 1570. The van der Waals surface area contributed by atoms with Gasteiger partial charge in [-0.2, -0.15) is 5.10 Å². The molecular weight excluding hydrogens is 564 g/mol. The van der Waals surface area contributed by atoms with Crippen LogP contribution in [0.25, 0.3) is 0 Å². The van der Waals surface area contributed by atoms with Crippen molar-refractivity contribution in [1.82, 2.24) is 15.0 Å². The third-order valence-corrected chi connectivity index (χ3v) is 11.6. The lowest BCUT2D eigenvalue weighted by atomic mass is 9.82. The van der Waals surface area contributed by atoms with Gasteiger partial charge in [0.2, 0.25) is 5.91 Å². The Morgan fingerprint density at radius 3 is 2.60 bits per heavy atom. The van der Waals surface area contributed by atoms with E-state index in [2.05, 4.69) is 10.3 Å². The molecule has 226 valence electrons. The molecule has 0 radical (unpaired) electrons. The molecule has 0 aliphatic carbocycles. The first-order valence-electron chi connectivity index (χ1n) is 14.8. The number of fused-ring (bicyclic) bond motifs is 2. The number of aliphatic hydroxyl groups excluding tert-OH is 1. The first-order chi connectivity index (χ1) is 20.5. The maximum atomic E-state index is 14.1. The summed E-state index contributed by atoms with van der Waals surface area (Å²) >= 11 is 0. The minimum Gasteiger partial charge on any atom is -0.432 e. The first-order valence-corrected chi connectivity index (χ1v) is 17.9. The van der Waals surface area contributed by atoms with Gasteiger partial charge in [0.25, 0.3) is 5.91 Å². The van der Waals surface area contributed by atoms with Gasteiger partial charge >= 0.3 is 0 Å². The van der Waals surface area contributed by atoms with Gasteiger partial charge in [0, 0.05) is 62.7 Å². The van der Waals surface area contributed by atoms with E-state index in [4.69, 9.17) is 9.84 Å². The van der Waals surface area contributed by atoms with E-state index in [1.165, 1.54) is 5.01 Å². The van der Waals surface area contributed by atoms with Gasteiger partial charge in [0.15, 0.2) is 13.9 Å². The molecule has 4 heterocycles. The highest BCUT2D eigenvalue weighted by atomic mass is 28.4. The number of benzene rings is 2. The van der Waals surface area contributed by atoms with Crippen molar-refractivity contribution in [3.8, 4) is 0 Å². The number of aliphatic hydroxyl groups is 1. The molecule has 3 aliphatic heterocycles. The summed E-state index contributed by atoms with van der Waals surface area (Å²) < 4.78 is 8.56.